The number of benzene rings is 2. The van der Waals surface area contributed by atoms with E-state index < -0.39 is 22.8 Å². The summed E-state index contributed by atoms with van der Waals surface area (Å²) in [5.74, 6) is -1.14. The van der Waals surface area contributed by atoms with Crippen LogP contribution in [0.5, 0.6) is 0 Å². The van der Waals surface area contributed by atoms with Crippen LogP contribution in [0, 0.1) is 10.1 Å². The number of hydrogen-bond donors (Lipinski definition) is 1. The number of methoxy groups -OCH3 is 1. The molecule has 3 rings (SSSR count). The number of nitrogens with zero attached hydrogens (tertiary/aromatic N) is 2. The van der Waals surface area contributed by atoms with Gasteiger partial charge in [-0.1, -0.05) is 30.3 Å². The molecule has 1 fully saturated rings. The van der Waals surface area contributed by atoms with Gasteiger partial charge in [-0.15, -0.1) is 0 Å². The second-order valence-corrected chi connectivity index (χ2v) is 7.25. The maximum absolute atomic E-state index is 12.8. The molecule has 1 aliphatic heterocycles. The molecule has 0 aromatic heterocycles. The molecule has 1 heterocycles. The summed E-state index contributed by atoms with van der Waals surface area (Å²) in [6, 6.07) is 12.8. The lowest BCUT2D eigenvalue weighted by Crippen LogP contribution is -2.43. The van der Waals surface area contributed by atoms with Gasteiger partial charge < -0.3 is 15.0 Å². The van der Waals surface area contributed by atoms with Crippen LogP contribution in [0.1, 0.15) is 35.2 Å². The van der Waals surface area contributed by atoms with E-state index in [4.69, 9.17) is 4.74 Å². The Balaban J connectivity index is 1.81. The number of carbonyl (C=O) groups is 2. The number of anilines is 1. The van der Waals surface area contributed by atoms with Gasteiger partial charge in [0.2, 0.25) is 0 Å². The summed E-state index contributed by atoms with van der Waals surface area (Å²) in [4.78, 5) is 38.1. The SMILES string of the molecule is COC(=O)[C@H](Cc1ccccc1)NC(=O)c1ccc(N2CCCCC2)c([N+](=O)[O-])c1. The highest BCUT2D eigenvalue weighted by molar-refractivity contribution is 5.98. The Bertz CT molecular complexity index is 910. The summed E-state index contributed by atoms with van der Waals surface area (Å²) in [7, 11) is 1.25. The molecule has 0 radical (unpaired) electrons. The summed E-state index contributed by atoms with van der Waals surface area (Å²) in [6.07, 6.45) is 3.34. The average Bonchev–Trinajstić information content (AvgIpc) is 2.78. The Morgan fingerprint density at radius 2 is 1.83 bits per heavy atom. The van der Waals surface area contributed by atoms with Crippen LogP contribution in [0.3, 0.4) is 0 Å². The van der Waals surface area contributed by atoms with Crippen LogP contribution in [0.25, 0.3) is 0 Å². The third-order valence-corrected chi connectivity index (χ3v) is 5.20. The molecule has 2 aromatic carbocycles. The predicted molar refractivity (Wildman–Crippen MR) is 113 cm³/mol. The van der Waals surface area contributed by atoms with Gasteiger partial charge in [-0.05, 0) is 37.0 Å². The second-order valence-electron chi connectivity index (χ2n) is 7.25. The summed E-state index contributed by atoms with van der Waals surface area (Å²) in [5, 5.41) is 14.3. The quantitative estimate of drug-likeness (QED) is 0.427. The van der Waals surface area contributed by atoms with Crippen molar-refractivity contribution >= 4 is 23.3 Å². The van der Waals surface area contributed by atoms with Crippen LogP contribution in [-0.4, -0.2) is 43.0 Å². The molecular weight excluding hydrogens is 386 g/mol. The van der Waals surface area contributed by atoms with Gasteiger partial charge in [0.05, 0.1) is 12.0 Å². The van der Waals surface area contributed by atoms with Crippen LogP contribution < -0.4 is 10.2 Å². The maximum Gasteiger partial charge on any atom is 0.328 e. The number of nitro benzene ring substituents is 1. The molecule has 0 spiro atoms. The first-order valence-electron chi connectivity index (χ1n) is 9.95. The van der Waals surface area contributed by atoms with Crippen molar-refractivity contribution in [2.24, 2.45) is 0 Å². The molecule has 0 aliphatic carbocycles. The predicted octanol–water partition coefficient (Wildman–Crippen LogP) is 3.10. The van der Waals surface area contributed by atoms with E-state index >= 15 is 0 Å². The van der Waals surface area contributed by atoms with E-state index in [2.05, 4.69) is 5.32 Å². The molecule has 1 saturated heterocycles. The minimum Gasteiger partial charge on any atom is -0.467 e. The van der Waals surface area contributed by atoms with Gasteiger partial charge in [-0.2, -0.15) is 0 Å². The average molecular weight is 411 g/mol. The molecule has 0 saturated carbocycles. The highest BCUT2D eigenvalue weighted by atomic mass is 16.6. The van der Waals surface area contributed by atoms with Crippen LogP contribution in [0.4, 0.5) is 11.4 Å². The van der Waals surface area contributed by atoms with Gasteiger partial charge in [-0.25, -0.2) is 4.79 Å². The van der Waals surface area contributed by atoms with E-state index in [1.165, 1.54) is 13.2 Å². The lowest BCUT2D eigenvalue weighted by Gasteiger charge is -2.28. The van der Waals surface area contributed by atoms with Crippen molar-refractivity contribution in [3.63, 3.8) is 0 Å². The molecule has 0 bridgehead atoms. The summed E-state index contributed by atoms with van der Waals surface area (Å²) in [6.45, 7) is 1.52. The standard InChI is InChI=1S/C22H25N3O5/c1-30-22(27)18(14-16-8-4-2-5-9-16)23-21(26)17-10-11-19(20(15-17)25(28)29)24-12-6-3-7-13-24/h2,4-5,8-11,15,18H,3,6-7,12-14H2,1H3,(H,23,26)/t18-/m0/s1. The first-order chi connectivity index (χ1) is 14.5. The Morgan fingerprint density at radius 3 is 2.47 bits per heavy atom. The number of nitro groups is 1. The van der Waals surface area contributed by atoms with E-state index in [0.29, 0.717) is 5.69 Å². The molecule has 8 heteroatoms. The van der Waals surface area contributed by atoms with Crippen molar-refractivity contribution in [3.8, 4) is 0 Å². The van der Waals surface area contributed by atoms with E-state index in [9.17, 15) is 19.7 Å². The third kappa shape index (κ3) is 5.14. The van der Waals surface area contributed by atoms with Crippen LogP contribution in [-0.2, 0) is 16.0 Å². The Kier molecular flexibility index (Phi) is 7.00. The number of amides is 1. The number of hydrogen-bond acceptors (Lipinski definition) is 6. The second kappa shape index (κ2) is 9.87. The van der Waals surface area contributed by atoms with Gasteiger partial charge in [0.1, 0.15) is 11.7 Å². The number of rotatable bonds is 7. The van der Waals surface area contributed by atoms with Crippen molar-refractivity contribution in [2.45, 2.75) is 31.7 Å². The fraction of sp³-hybridized carbons (Fsp3) is 0.364. The van der Waals surface area contributed by atoms with E-state index in [1.54, 1.807) is 12.1 Å². The molecule has 2 aromatic rings. The molecule has 1 amide bonds. The minimum absolute atomic E-state index is 0.109. The fourth-order valence-electron chi connectivity index (χ4n) is 3.64. The smallest absolute Gasteiger partial charge is 0.328 e. The topological polar surface area (TPSA) is 102 Å². The zero-order valence-electron chi connectivity index (χ0n) is 16.9. The van der Waals surface area contributed by atoms with Gasteiger partial charge in [0.15, 0.2) is 0 Å². The number of ether oxygens (including phenoxy) is 1. The molecular formula is C22H25N3O5. The van der Waals surface area contributed by atoms with Gasteiger partial charge in [-0.3, -0.25) is 14.9 Å². The highest BCUT2D eigenvalue weighted by Gasteiger charge is 2.26. The normalized spacial score (nSPS) is 14.6. The number of esters is 1. The first kappa shape index (κ1) is 21.3. The van der Waals surface area contributed by atoms with Crippen LogP contribution in [0.2, 0.25) is 0 Å². The largest absolute Gasteiger partial charge is 0.467 e. The van der Waals surface area contributed by atoms with Crippen molar-refractivity contribution in [3.05, 3.63) is 69.8 Å². The Labute approximate surface area is 175 Å². The zero-order chi connectivity index (χ0) is 21.5. The van der Waals surface area contributed by atoms with Gasteiger partial charge in [0, 0.05) is 31.1 Å². The zero-order valence-corrected chi connectivity index (χ0v) is 16.9. The summed E-state index contributed by atoms with van der Waals surface area (Å²) in [5.41, 5.74) is 1.40. The molecule has 158 valence electrons. The number of carbonyl (C=O) groups excluding carboxylic acids is 2. The first-order valence-corrected chi connectivity index (χ1v) is 9.95. The van der Waals surface area contributed by atoms with Crippen LogP contribution in [0.15, 0.2) is 48.5 Å². The third-order valence-electron chi connectivity index (χ3n) is 5.20. The van der Waals surface area contributed by atoms with Gasteiger partial charge >= 0.3 is 5.97 Å². The van der Waals surface area contributed by atoms with Crippen molar-refractivity contribution in [1.82, 2.24) is 5.32 Å². The Hall–Kier alpha value is -3.42. The monoisotopic (exact) mass is 411 g/mol. The maximum atomic E-state index is 12.8. The number of nitrogens with one attached hydrogen (secondary N) is 1. The summed E-state index contributed by atoms with van der Waals surface area (Å²) >= 11 is 0. The molecule has 0 unspecified atom stereocenters. The van der Waals surface area contributed by atoms with Crippen molar-refractivity contribution in [1.29, 1.82) is 0 Å². The highest BCUT2D eigenvalue weighted by Crippen LogP contribution is 2.31. The minimum atomic E-state index is -0.897. The fourth-order valence-corrected chi connectivity index (χ4v) is 3.64. The molecule has 1 aliphatic rings. The lowest BCUT2D eigenvalue weighted by atomic mass is 10.0. The van der Waals surface area contributed by atoms with Crippen molar-refractivity contribution < 1.29 is 19.2 Å². The Morgan fingerprint density at radius 1 is 1.13 bits per heavy atom. The van der Waals surface area contributed by atoms with Crippen molar-refractivity contribution in [2.75, 3.05) is 25.1 Å². The van der Waals surface area contributed by atoms with Crippen LogP contribution >= 0.6 is 0 Å². The molecule has 30 heavy (non-hydrogen) atoms. The number of piperidine rings is 1. The molecule has 8 nitrogen and oxygen atoms in total. The summed E-state index contributed by atoms with van der Waals surface area (Å²) < 4.78 is 4.81. The van der Waals surface area contributed by atoms with E-state index in [0.717, 1.165) is 37.9 Å². The van der Waals surface area contributed by atoms with Gasteiger partial charge in [0.25, 0.3) is 11.6 Å². The lowest BCUT2D eigenvalue weighted by molar-refractivity contribution is -0.384. The molecule has 1 N–H and O–H groups in total. The van der Waals surface area contributed by atoms with E-state index in [1.807, 2.05) is 35.2 Å². The van der Waals surface area contributed by atoms with E-state index in [-0.39, 0.29) is 17.7 Å². The molecule has 1 atom stereocenters.